The average Bonchev–Trinajstić information content (AvgIpc) is 2.32. The molecule has 0 fully saturated rings. The van der Waals surface area contributed by atoms with Crippen molar-refractivity contribution in [2.24, 2.45) is 0 Å². The van der Waals surface area contributed by atoms with Crippen molar-refractivity contribution >= 4 is 29.2 Å². The smallest absolute Gasteiger partial charge is 0.331 e. The van der Waals surface area contributed by atoms with Crippen molar-refractivity contribution in [3.8, 4) is 0 Å². The maximum atomic E-state index is 11.7. The van der Waals surface area contributed by atoms with Crippen LogP contribution in [0, 0.1) is 0 Å². The molecule has 0 bridgehead atoms. The topological polar surface area (TPSA) is 55.4 Å². The largest absolute Gasteiger partial charge is 0.449 e. The van der Waals surface area contributed by atoms with E-state index in [-0.39, 0.29) is 0 Å². The number of amides is 1. The molecule has 4 nitrogen and oxygen atoms in total. The molecule has 1 atom stereocenters. The molecule has 1 amide bonds. The summed E-state index contributed by atoms with van der Waals surface area (Å²) < 4.78 is 4.88. The first-order chi connectivity index (χ1) is 8.52. The lowest BCUT2D eigenvalue weighted by molar-refractivity contribution is -0.148. The van der Waals surface area contributed by atoms with E-state index in [0.29, 0.717) is 10.7 Å². The van der Waals surface area contributed by atoms with Gasteiger partial charge in [0, 0.05) is 16.8 Å². The van der Waals surface area contributed by atoms with Gasteiger partial charge in [-0.3, -0.25) is 4.79 Å². The van der Waals surface area contributed by atoms with Crippen LogP contribution < -0.4 is 5.32 Å². The number of ether oxygens (including phenoxy) is 1. The van der Waals surface area contributed by atoms with Gasteiger partial charge in [0.2, 0.25) is 0 Å². The molecule has 0 saturated carbocycles. The third kappa shape index (κ3) is 4.59. The second kappa shape index (κ2) is 6.81. The first-order valence-corrected chi connectivity index (χ1v) is 5.80. The van der Waals surface area contributed by atoms with Crippen LogP contribution in [0.15, 0.2) is 36.4 Å². The van der Waals surface area contributed by atoms with Crippen LogP contribution in [0.25, 0.3) is 0 Å². The molecule has 1 aromatic rings. The van der Waals surface area contributed by atoms with Crippen LogP contribution >= 0.6 is 11.6 Å². The minimum Gasteiger partial charge on any atom is -0.449 e. The Labute approximate surface area is 111 Å². The zero-order valence-electron chi connectivity index (χ0n) is 10.1. The van der Waals surface area contributed by atoms with E-state index >= 15 is 0 Å². The first-order valence-electron chi connectivity index (χ1n) is 5.42. The van der Waals surface area contributed by atoms with Gasteiger partial charge in [-0.25, -0.2) is 4.79 Å². The number of hydrogen-bond acceptors (Lipinski definition) is 3. The number of nitrogens with one attached hydrogen (secondary N) is 1. The number of carbonyl (C=O) groups is 2. The summed E-state index contributed by atoms with van der Waals surface area (Å²) in [5.41, 5.74) is 0.596. The Morgan fingerprint density at radius 2 is 1.94 bits per heavy atom. The fourth-order valence-electron chi connectivity index (χ4n) is 1.18. The Morgan fingerprint density at radius 1 is 1.33 bits per heavy atom. The van der Waals surface area contributed by atoms with Crippen molar-refractivity contribution in [3.63, 3.8) is 0 Å². The van der Waals surface area contributed by atoms with Crippen molar-refractivity contribution < 1.29 is 14.3 Å². The van der Waals surface area contributed by atoms with E-state index in [4.69, 9.17) is 16.3 Å². The molecule has 0 aliphatic heterocycles. The molecule has 96 valence electrons. The zero-order valence-corrected chi connectivity index (χ0v) is 10.9. The number of benzene rings is 1. The van der Waals surface area contributed by atoms with Crippen LogP contribution in [0.3, 0.4) is 0 Å². The van der Waals surface area contributed by atoms with E-state index < -0.39 is 18.0 Å². The summed E-state index contributed by atoms with van der Waals surface area (Å²) in [6.45, 7) is 3.20. The predicted molar refractivity (Wildman–Crippen MR) is 70.4 cm³/mol. The van der Waals surface area contributed by atoms with Crippen molar-refractivity contribution in [3.05, 3.63) is 41.4 Å². The molecule has 5 heteroatoms. The molecule has 1 N–H and O–H groups in total. The molecule has 0 radical (unpaired) electrons. The van der Waals surface area contributed by atoms with E-state index in [0.717, 1.165) is 0 Å². The van der Waals surface area contributed by atoms with Gasteiger partial charge in [-0.1, -0.05) is 17.7 Å². The van der Waals surface area contributed by atoms with Gasteiger partial charge in [0.1, 0.15) is 0 Å². The molecule has 0 spiro atoms. The Bertz CT molecular complexity index is 454. The van der Waals surface area contributed by atoms with Crippen LogP contribution in [0.4, 0.5) is 5.69 Å². The number of hydrogen-bond donors (Lipinski definition) is 1. The van der Waals surface area contributed by atoms with Crippen molar-refractivity contribution in [2.75, 3.05) is 5.32 Å². The zero-order chi connectivity index (χ0) is 13.5. The fourth-order valence-corrected chi connectivity index (χ4v) is 1.31. The third-order valence-corrected chi connectivity index (χ3v) is 2.33. The Kier molecular flexibility index (Phi) is 5.39. The molecule has 0 aliphatic carbocycles. The summed E-state index contributed by atoms with van der Waals surface area (Å²) in [5.74, 6) is -0.938. The van der Waals surface area contributed by atoms with Crippen LogP contribution in [-0.4, -0.2) is 18.0 Å². The van der Waals surface area contributed by atoms with Gasteiger partial charge < -0.3 is 10.1 Å². The lowest BCUT2D eigenvalue weighted by atomic mass is 10.3. The molecule has 18 heavy (non-hydrogen) atoms. The summed E-state index contributed by atoms with van der Waals surface area (Å²) in [6.07, 6.45) is 1.95. The van der Waals surface area contributed by atoms with E-state index in [2.05, 4.69) is 5.32 Å². The second-order valence-corrected chi connectivity index (χ2v) is 4.01. The van der Waals surface area contributed by atoms with Crippen LogP contribution in [0.2, 0.25) is 5.02 Å². The fraction of sp³-hybridized carbons (Fsp3) is 0.231. The molecule has 1 rings (SSSR count). The quantitative estimate of drug-likeness (QED) is 0.674. The van der Waals surface area contributed by atoms with Crippen molar-refractivity contribution in [1.82, 2.24) is 0 Å². The Hall–Kier alpha value is -1.81. The maximum absolute atomic E-state index is 11.7. The van der Waals surface area contributed by atoms with Crippen LogP contribution in [-0.2, 0) is 14.3 Å². The Morgan fingerprint density at radius 3 is 2.50 bits per heavy atom. The Balaban J connectivity index is 2.54. The van der Waals surface area contributed by atoms with E-state index in [1.165, 1.54) is 13.0 Å². The van der Waals surface area contributed by atoms with Crippen molar-refractivity contribution in [2.45, 2.75) is 20.0 Å². The summed E-state index contributed by atoms with van der Waals surface area (Å²) in [7, 11) is 0. The monoisotopic (exact) mass is 267 g/mol. The van der Waals surface area contributed by atoms with Gasteiger partial charge in [-0.15, -0.1) is 0 Å². The summed E-state index contributed by atoms with van der Waals surface area (Å²) in [5, 5.41) is 3.20. The van der Waals surface area contributed by atoms with Gasteiger partial charge in [-0.2, -0.15) is 0 Å². The van der Waals surface area contributed by atoms with Gasteiger partial charge in [-0.05, 0) is 38.1 Å². The molecular formula is C13H14ClNO3. The predicted octanol–water partition coefficient (Wildman–Crippen LogP) is 2.79. The van der Waals surface area contributed by atoms with E-state index in [9.17, 15) is 9.59 Å². The van der Waals surface area contributed by atoms with Gasteiger partial charge in [0.05, 0.1) is 0 Å². The molecule has 1 unspecified atom stereocenters. The minimum atomic E-state index is -0.857. The second-order valence-electron chi connectivity index (χ2n) is 3.58. The summed E-state index contributed by atoms with van der Waals surface area (Å²) >= 11 is 5.72. The maximum Gasteiger partial charge on any atom is 0.331 e. The minimum absolute atomic E-state index is 0.393. The first kappa shape index (κ1) is 14.3. The van der Waals surface area contributed by atoms with E-state index in [1.807, 2.05) is 0 Å². The number of allylic oxidation sites excluding steroid dienone is 1. The molecule has 0 heterocycles. The van der Waals surface area contributed by atoms with Crippen LogP contribution in [0.1, 0.15) is 13.8 Å². The lowest BCUT2D eigenvalue weighted by Crippen LogP contribution is -2.29. The molecule has 0 saturated heterocycles. The van der Waals surface area contributed by atoms with Crippen LogP contribution in [0.5, 0.6) is 0 Å². The normalized spacial score (nSPS) is 12.2. The van der Waals surface area contributed by atoms with Crippen molar-refractivity contribution in [1.29, 1.82) is 0 Å². The highest BCUT2D eigenvalue weighted by Gasteiger charge is 2.16. The molecular weight excluding hydrogens is 254 g/mol. The highest BCUT2D eigenvalue weighted by Crippen LogP contribution is 2.13. The highest BCUT2D eigenvalue weighted by atomic mass is 35.5. The average molecular weight is 268 g/mol. The lowest BCUT2D eigenvalue weighted by Gasteiger charge is -2.12. The van der Waals surface area contributed by atoms with E-state index in [1.54, 1.807) is 37.3 Å². The van der Waals surface area contributed by atoms with Gasteiger partial charge >= 0.3 is 5.97 Å². The van der Waals surface area contributed by atoms with Gasteiger partial charge in [0.15, 0.2) is 6.10 Å². The standard InChI is InChI=1S/C13H14ClNO3/c1-3-4-12(16)18-9(2)13(17)15-11-7-5-10(14)6-8-11/h3-9H,1-2H3,(H,15,17)/b4-3+. The molecule has 0 aliphatic rings. The summed E-state index contributed by atoms with van der Waals surface area (Å²) in [6, 6.07) is 6.66. The van der Waals surface area contributed by atoms with Gasteiger partial charge in [0.25, 0.3) is 5.91 Å². The highest BCUT2D eigenvalue weighted by molar-refractivity contribution is 6.30. The number of anilines is 1. The molecule has 1 aromatic carbocycles. The third-order valence-electron chi connectivity index (χ3n) is 2.08. The number of rotatable bonds is 4. The SMILES string of the molecule is C/C=C/C(=O)OC(C)C(=O)Nc1ccc(Cl)cc1. The molecule has 0 aromatic heterocycles. The number of esters is 1. The number of halogens is 1. The number of carbonyl (C=O) groups excluding carboxylic acids is 2. The summed E-state index contributed by atoms with van der Waals surface area (Å²) in [4.78, 5) is 22.8.